The third kappa shape index (κ3) is 4.34. The van der Waals surface area contributed by atoms with Gasteiger partial charge in [0.15, 0.2) is 0 Å². The number of carbonyl (C=O) groups is 2. The molecule has 1 N–H and O–H groups in total. The Hall–Kier alpha value is -2.78. The van der Waals surface area contributed by atoms with Crippen LogP contribution in [0, 0.1) is 17.7 Å². The predicted octanol–water partition coefficient (Wildman–Crippen LogP) is 3.55. The largest absolute Gasteiger partial charge is 0.326 e. The summed E-state index contributed by atoms with van der Waals surface area (Å²) in [5, 5.41) is 2.72. The molecule has 2 aliphatic heterocycles. The van der Waals surface area contributed by atoms with Gasteiger partial charge in [0.25, 0.3) is 0 Å². The highest BCUT2D eigenvalue weighted by molar-refractivity contribution is 7.89. The Balaban J connectivity index is 1.25. The fourth-order valence-corrected chi connectivity index (χ4v) is 6.47. The number of hydrogen-bond donors (Lipinski definition) is 1. The molecular formula is C25H28FN3O4S. The van der Waals surface area contributed by atoms with Crippen LogP contribution in [0.3, 0.4) is 0 Å². The second-order valence-corrected chi connectivity index (χ2v) is 11.4. The zero-order chi connectivity index (χ0) is 24.0. The van der Waals surface area contributed by atoms with Crippen molar-refractivity contribution in [2.75, 3.05) is 23.3 Å². The normalized spacial score (nSPS) is 21.4. The summed E-state index contributed by atoms with van der Waals surface area (Å²) in [5.74, 6) is -0.744. The molecule has 34 heavy (non-hydrogen) atoms. The molecule has 2 fully saturated rings. The molecule has 1 unspecified atom stereocenters. The van der Waals surface area contributed by atoms with Gasteiger partial charge < -0.3 is 10.2 Å². The Labute approximate surface area is 199 Å². The first kappa shape index (κ1) is 23.0. The van der Waals surface area contributed by atoms with Crippen molar-refractivity contribution in [1.29, 1.82) is 0 Å². The van der Waals surface area contributed by atoms with E-state index in [1.807, 2.05) is 11.8 Å². The summed E-state index contributed by atoms with van der Waals surface area (Å²) in [5.41, 5.74) is 2.09. The van der Waals surface area contributed by atoms with Crippen molar-refractivity contribution in [3.63, 3.8) is 0 Å². The average Bonchev–Trinajstić information content (AvgIpc) is 3.60. The lowest BCUT2D eigenvalue weighted by Crippen LogP contribution is -2.41. The zero-order valence-electron chi connectivity index (χ0n) is 19.0. The van der Waals surface area contributed by atoms with E-state index in [0.717, 1.165) is 24.1 Å². The van der Waals surface area contributed by atoms with Crippen molar-refractivity contribution in [2.45, 2.75) is 50.0 Å². The van der Waals surface area contributed by atoms with Gasteiger partial charge in [0.1, 0.15) is 5.82 Å². The highest BCUT2D eigenvalue weighted by Crippen LogP contribution is 2.40. The van der Waals surface area contributed by atoms with E-state index in [4.69, 9.17) is 0 Å². The summed E-state index contributed by atoms with van der Waals surface area (Å²) >= 11 is 0. The number of carbonyl (C=O) groups excluding carboxylic acids is 2. The van der Waals surface area contributed by atoms with Gasteiger partial charge in [0.2, 0.25) is 21.8 Å². The molecule has 2 aromatic rings. The van der Waals surface area contributed by atoms with E-state index in [1.165, 1.54) is 22.5 Å². The molecule has 2 aromatic carbocycles. The number of piperidine rings is 1. The number of nitrogens with zero attached hydrogens (tertiary/aromatic N) is 2. The Kier molecular flexibility index (Phi) is 5.93. The van der Waals surface area contributed by atoms with Crippen LogP contribution in [0.1, 0.15) is 38.2 Å². The minimum atomic E-state index is -3.71. The van der Waals surface area contributed by atoms with Gasteiger partial charge >= 0.3 is 0 Å². The molecule has 2 heterocycles. The first-order valence-electron chi connectivity index (χ1n) is 11.8. The van der Waals surface area contributed by atoms with Gasteiger partial charge in [-0.1, -0.05) is 6.07 Å². The van der Waals surface area contributed by atoms with Crippen LogP contribution in [-0.2, 0) is 26.0 Å². The van der Waals surface area contributed by atoms with Crippen molar-refractivity contribution in [2.24, 2.45) is 11.8 Å². The zero-order valence-corrected chi connectivity index (χ0v) is 19.9. The molecule has 180 valence electrons. The molecule has 1 aliphatic carbocycles. The minimum Gasteiger partial charge on any atom is -0.326 e. The Morgan fingerprint density at radius 2 is 1.74 bits per heavy atom. The first-order valence-corrected chi connectivity index (χ1v) is 13.2. The smallest absolute Gasteiger partial charge is 0.243 e. The number of benzene rings is 2. The second-order valence-electron chi connectivity index (χ2n) is 9.50. The summed E-state index contributed by atoms with van der Waals surface area (Å²) < 4.78 is 41.4. The monoisotopic (exact) mass is 485 g/mol. The highest BCUT2D eigenvalue weighted by Gasteiger charge is 2.40. The van der Waals surface area contributed by atoms with Crippen LogP contribution >= 0.6 is 0 Å². The molecule has 1 atom stereocenters. The van der Waals surface area contributed by atoms with E-state index < -0.39 is 15.8 Å². The molecule has 7 nitrogen and oxygen atoms in total. The van der Waals surface area contributed by atoms with Crippen molar-refractivity contribution >= 4 is 33.2 Å². The number of rotatable bonds is 5. The SMILES string of the molecule is CC1Cc2cc(S(=O)(=O)N3CCC(C(=O)Nc4cccc(F)c4)CC3)ccc2N1C(=O)C1CC1. The fraction of sp³-hybridized carbons (Fsp3) is 0.440. The van der Waals surface area contributed by atoms with Crippen LogP contribution in [0.4, 0.5) is 15.8 Å². The molecule has 0 aromatic heterocycles. The molecule has 0 radical (unpaired) electrons. The van der Waals surface area contributed by atoms with Crippen molar-refractivity contribution < 1.29 is 22.4 Å². The minimum absolute atomic E-state index is 0.0217. The Morgan fingerprint density at radius 3 is 2.41 bits per heavy atom. The third-order valence-electron chi connectivity index (χ3n) is 6.99. The molecule has 5 rings (SSSR count). The van der Waals surface area contributed by atoms with Crippen molar-refractivity contribution in [1.82, 2.24) is 4.31 Å². The Bertz CT molecular complexity index is 1240. The number of anilines is 2. The number of hydrogen-bond acceptors (Lipinski definition) is 4. The Morgan fingerprint density at radius 1 is 1.00 bits per heavy atom. The van der Waals surface area contributed by atoms with Crippen LogP contribution in [0.2, 0.25) is 0 Å². The standard InChI is InChI=1S/C25H28FN3O4S/c1-16-13-19-14-22(7-8-23(19)29(16)25(31)18-5-6-18)34(32,33)28-11-9-17(10-12-28)24(30)27-21-4-2-3-20(26)15-21/h2-4,7-8,14-18H,5-6,9-13H2,1H3,(H,27,30). The first-order chi connectivity index (χ1) is 16.2. The number of nitrogens with one attached hydrogen (secondary N) is 1. The lowest BCUT2D eigenvalue weighted by Gasteiger charge is -2.30. The topological polar surface area (TPSA) is 86.8 Å². The number of fused-ring (bicyclic) bond motifs is 1. The highest BCUT2D eigenvalue weighted by atomic mass is 32.2. The maximum atomic E-state index is 13.4. The summed E-state index contributed by atoms with van der Waals surface area (Å²) in [7, 11) is -3.71. The van der Waals surface area contributed by atoms with Gasteiger partial charge in [-0.25, -0.2) is 12.8 Å². The summed E-state index contributed by atoms with van der Waals surface area (Å²) in [6.07, 6.45) is 3.29. The molecule has 0 bridgehead atoms. The van der Waals surface area contributed by atoms with Crippen LogP contribution in [0.5, 0.6) is 0 Å². The van der Waals surface area contributed by atoms with Crippen LogP contribution in [-0.4, -0.2) is 43.7 Å². The van der Waals surface area contributed by atoms with Crippen molar-refractivity contribution in [3.05, 3.63) is 53.8 Å². The lowest BCUT2D eigenvalue weighted by atomic mass is 9.97. The molecule has 2 amide bonds. The molecule has 9 heteroatoms. The van der Waals surface area contributed by atoms with E-state index >= 15 is 0 Å². The van der Waals surface area contributed by atoms with Crippen molar-refractivity contribution in [3.8, 4) is 0 Å². The maximum Gasteiger partial charge on any atom is 0.243 e. The van der Waals surface area contributed by atoms with Gasteiger partial charge in [-0.05, 0) is 81.0 Å². The number of amides is 2. The summed E-state index contributed by atoms with van der Waals surface area (Å²) in [4.78, 5) is 27.3. The van der Waals surface area contributed by atoms with Gasteiger partial charge in [-0.2, -0.15) is 4.31 Å². The fourth-order valence-electron chi connectivity index (χ4n) is 4.95. The second kappa shape index (κ2) is 8.78. The molecule has 3 aliphatic rings. The quantitative estimate of drug-likeness (QED) is 0.702. The van der Waals surface area contributed by atoms with Gasteiger partial charge in [-0.15, -0.1) is 0 Å². The third-order valence-corrected chi connectivity index (χ3v) is 8.88. The van der Waals surface area contributed by atoms with Gasteiger partial charge in [-0.3, -0.25) is 9.59 Å². The van der Waals surface area contributed by atoms with E-state index in [-0.39, 0.29) is 47.7 Å². The van der Waals surface area contributed by atoms with E-state index in [0.29, 0.717) is 24.9 Å². The molecule has 0 spiro atoms. The lowest BCUT2D eigenvalue weighted by molar-refractivity contribution is -0.121. The predicted molar refractivity (Wildman–Crippen MR) is 126 cm³/mol. The van der Waals surface area contributed by atoms with Gasteiger partial charge in [0.05, 0.1) is 4.90 Å². The number of sulfonamides is 1. The molecule has 1 saturated carbocycles. The van der Waals surface area contributed by atoms with E-state index in [1.54, 1.807) is 24.3 Å². The van der Waals surface area contributed by atoms with Crippen LogP contribution in [0.25, 0.3) is 0 Å². The molecule has 1 saturated heterocycles. The van der Waals surface area contributed by atoms with E-state index in [9.17, 15) is 22.4 Å². The van der Waals surface area contributed by atoms with Gasteiger partial charge in [0, 0.05) is 42.3 Å². The van der Waals surface area contributed by atoms with Crippen LogP contribution < -0.4 is 10.2 Å². The molecular weight excluding hydrogens is 457 g/mol. The average molecular weight is 486 g/mol. The van der Waals surface area contributed by atoms with Crippen LogP contribution in [0.15, 0.2) is 47.4 Å². The van der Waals surface area contributed by atoms with E-state index in [2.05, 4.69) is 5.32 Å². The maximum absolute atomic E-state index is 13.4. The number of halogens is 1. The summed E-state index contributed by atoms with van der Waals surface area (Å²) in [6.45, 7) is 2.47. The summed E-state index contributed by atoms with van der Waals surface area (Å²) in [6, 6.07) is 10.8.